The third-order valence-electron chi connectivity index (χ3n) is 2.38. The average molecular weight is 205 g/mol. The smallest absolute Gasteiger partial charge is 0.0955 e. The molecule has 0 saturated heterocycles. The standard InChI is InChI=1S/C12H19N3/c1-3-6-12(13)15(2)10-8-11-7-4-5-9-14-11/h4-5,7,9,13H,3,6,8,10H2,1-2H3. The Morgan fingerprint density at radius 2 is 2.27 bits per heavy atom. The lowest BCUT2D eigenvalue weighted by molar-refractivity contribution is 0.489. The van der Waals surface area contributed by atoms with E-state index >= 15 is 0 Å². The molecule has 0 spiro atoms. The van der Waals surface area contributed by atoms with Gasteiger partial charge in [0, 0.05) is 38.3 Å². The lowest BCUT2D eigenvalue weighted by atomic mass is 10.2. The van der Waals surface area contributed by atoms with Crippen LogP contribution in [0.15, 0.2) is 24.4 Å². The van der Waals surface area contributed by atoms with Crippen LogP contribution in [0.4, 0.5) is 0 Å². The molecule has 1 rings (SSSR count). The van der Waals surface area contributed by atoms with Crippen molar-refractivity contribution in [1.82, 2.24) is 9.88 Å². The van der Waals surface area contributed by atoms with Crippen molar-refractivity contribution in [2.75, 3.05) is 13.6 Å². The highest BCUT2D eigenvalue weighted by molar-refractivity contribution is 5.78. The van der Waals surface area contributed by atoms with Crippen LogP contribution in [0.5, 0.6) is 0 Å². The third-order valence-corrected chi connectivity index (χ3v) is 2.38. The Bertz CT molecular complexity index is 295. The van der Waals surface area contributed by atoms with Gasteiger partial charge in [-0.05, 0) is 18.6 Å². The monoisotopic (exact) mass is 205 g/mol. The van der Waals surface area contributed by atoms with E-state index in [2.05, 4.69) is 11.9 Å². The highest BCUT2D eigenvalue weighted by atomic mass is 15.1. The van der Waals surface area contributed by atoms with Crippen molar-refractivity contribution in [3.8, 4) is 0 Å². The molecule has 15 heavy (non-hydrogen) atoms. The fourth-order valence-corrected chi connectivity index (χ4v) is 1.39. The fourth-order valence-electron chi connectivity index (χ4n) is 1.39. The molecule has 1 aromatic rings. The molecular formula is C12H19N3. The second kappa shape index (κ2) is 6.17. The van der Waals surface area contributed by atoms with E-state index in [4.69, 9.17) is 5.41 Å². The van der Waals surface area contributed by atoms with Gasteiger partial charge in [0.25, 0.3) is 0 Å². The number of pyridine rings is 1. The summed E-state index contributed by atoms with van der Waals surface area (Å²) in [4.78, 5) is 6.26. The number of hydrogen-bond donors (Lipinski definition) is 1. The summed E-state index contributed by atoms with van der Waals surface area (Å²) in [6.07, 6.45) is 4.61. The summed E-state index contributed by atoms with van der Waals surface area (Å²) in [5.41, 5.74) is 1.09. The lowest BCUT2D eigenvalue weighted by Crippen LogP contribution is -2.28. The molecule has 0 aliphatic heterocycles. The first-order chi connectivity index (χ1) is 7.24. The van der Waals surface area contributed by atoms with E-state index in [0.717, 1.165) is 31.5 Å². The summed E-state index contributed by atoms with van der Waals surface area (Å²) < 4.78 is 0. The SMILES string of the molecule is CCCC(=N)N(C)CCc1ccccn1. The van der Waals surface area contributed by atoms with Gasteiger partial charge < -0.3 is 4.90 Å². The first kappa shape index (κ1) is 11.7. The number of nitrogens with one attached hydrogen (secondary N) is 1. The topological polar surface area (TPSA) is 40.0 Å². The molecule has 82 valence electrons. The summed E-state index contributed by atoms with van der Waals surface area (Å²) in [5, 5.41) is 7.77. The van der Waals surface area contributed by atoms with Crippen LogP contribution in [0.25, 0.3) is 0 Å². The molecule has 1 heterocycles. The van der Waals surface area contributed by atoms with Crippen LogP contribution in [0.3, 0.4) is 0 Å². The van der Waals surface area contributed by atoms with E-state index in [0.29, 0.717) is 5.84 Å². The largest absolute Gasteiger partial charge is 0.363 e. The lowest BCUT2D eigenvalue weighted by Gasteiger charge is -2.19. The van der Waals surface area contributed by atoms with Crippen LogP contribution in [-0.4, -0.2) is 29.3 Å². The molecule has 0 unspecified atom stereocenters. The van der Waals surface area contributed by atoms with E-state index in [1.807, 2.05) is 36.3 Å². The van der Waals surface area contributed by atoms with Crippen LogP contribution in [-0.2, 0) is 6.42 Å². The minimum atomic E-state index is 0.716. The summed E-state index contributed by atoms with van der Waals surface area (Å²) >= 11 is 0. The second-order valence-electron chi connectivity index (χ2n) is 3.69. The molecule has 0 aliphatic carbocycles. The average Bonchev–Trinajstić information content (AvgIpc) is 2.27. The van der Waals surface area contributed by atoms with Gasteiger partial charge in [-0.3, -0.25) is 10.4 Å². The maximum absolute atomic E-state index is 7.77. The van der Waals surface area contributed by atoms with Gasteiger partial charge in [-0.2, -0.15) is 0 Å². The predicted molar refractivity (Wildman–Crippen MR) is 63.2 cm³/mol. The third kappa shape index (κ3) is 4.11. The fraction of sp³-hybridized carbons (Fsp3) is 0.500. The highest BCUT2D eigenvalue weighted by Crippen LogP contribution is 1.99. The zero-order valence-corrected chi connectivity index (χ0v) is 9.53. The Morgan fingerprint density at radius 3 is 2.87 bits per heavy atom. The summed E-state index contributed by atoms with van der Waals surface area (Å²) in [6.45, 7) is 2.97. The molecule has 0 saturated carbocycles. The molecule has 0 aromatic carbocycles. The van der Waals surface area contributed by atoms with Crippen molar-refractivity contribution < 1.29 is 0 Å². The molecule has 0 atom stereocenters. The minimum absolute atomic E-state index is 0.716. The van der Waals surface area contributed by atoms with Crippen molar-refractivity contribution in [2.45, 2.75) is 26.2 Å². The number of hydrogen-bond acceptors (Lipinski definition) is 2. The number of amidine groups is 1. The van der Waals surface area contributed by atoms with Crippen LogP contribution in [0, 0.1) is 5.41 Å². The summed E-state index contributed by atoms with van der Waals surface area (Å²) in [6, 6.07) is 5.95. The summed E-state index contributed by atoms with van der Waals surface area (Å²) in [7, 11) is 1.97. The number of likely N-dealkylation sites (N-methyl/N-ethyl adjacent to an activating group) is 1. The molecule has 0 amide bonds. The highest BCUT2D eigenvalue weighted by Gasteiger charge is 2.03. The van der Waals surface area contributed by atoms with Gasteiger partial charge >= 0.3 is 0 Å². The van der Waals surface area contributed by atoms with E-state index in [-0.39, 0.29) is 0 Å². The molecule has 0 bridgehead atoms. The van der Waals surface area contributed by atoms with E-state index < -0.39 is 0 Å². The van der Waals surface area contributed by atoms with E-state index in [9.17, 15) is 0 Å². The molecular weight excluding hydrogens is 186 g/mol. The van der Waals surface area contributed by atoms with Gasteiger partial charge in [-0.1, -0.05) is 13.0 Å². The van der Waals surface area contributed by atoms with Crippen molar-refractivity contribution in [2.24, 2.45) is 0 Å². The zero-order chi connectivity index (χ0) is 11.1. The second-order valence-corrected chi connectivity index (χ2v) is 3.69. The van der Waals surface area contributed by atoms with Crippen LogP contribution >= 0.6 is 0 Å². The Morgan fingerprint density at radius 1 is 1.47 bits per heavy atom. The van der Waals surface area contributed by atoms with Gasteiger partial charge in [0.2, 0.25) is 0 Å². The van der Waals surface area contributed by atoms with Crippen LogP contribution < -0.4 is 0 Å². The Labute approximate surface area is 91.7 Å². The molecule has 3 nitrogen and oxygen atoms in total. The van der Waals surface area contributed by atoms with E-state index in [1.54, 1.807) is 0 Å². The quantitative estimate of drug-likeness (QED) is 0.592. The molecule has 0 fully saturated rings. The first-order valence-corrected chi connectivity index (χ1v) is 5.42. The molecule has 1 N–H and O–H groups in total. The van der Waals surface area contributed by atoms with E-state index in [1.165, 1.54) is 0 Å². The van der Waals surface area contributed by atoms with Crippen molar-refractivity contribution in [3.05, 3.63) is 30.1 Å². The molecule has 0 radical (unpaired) electrons. The molecule has 3 heteroatoms. The number of aromatic nitrogens is 1. The number of rotatable bonds is 5. The van der Waals surface area contributed by atoms with Crippen molar-refractivity contribution in [1.29, 1.82) is 5.41 Å². The van der Waals surface area contributed by atoms with Gasteiger partial charge in [-0.25, -0.2) is 0 Å². The van der Waals surface area contributed by atoms with Gasteiger partial charge in [0.1, 0.15) is 0 Å². The molecule has 1 aromatic heterocycles. The maximum Gasteiger partial charge on any atom is 0.0955 e. The Balaban J connectivity index is 2.34. The molecule has 0 aliphatic rings. The first-order valence-electron chi connectivity index (χ1n) is 5.42. The van der Waals surface area contributed by atoms with Gasteiger partial charge in [-0.15, -0.1) is 0 Å². The van der Waals surface area contributed by atoms with Gasteiger partial charge in [0.05, 0.1) is 5.84 Å². The van der Waals surface area contributed by atoms with Crippen LogP contribution in [0.2, 0.25) is 0 Å². The minimum Gasteiger partial charge on any atom is -0.363 e. The summed E-state index contributed by atoms with van der Waals surface area (Å²) in [5.74, 6) is 0.716. The maximum atomic E-state index is 7.77. The van der Waals surface area contributed by atoms with Crippen LogP contribution in [0.1, 0.15) is 25.5 Å². The van der Waals surface area contributed by atoms with Crippen molar-refractivity contribution in [3.63, 3.8) is 0 Å². The zero-order valence-electron chi connectivity index (χ0n) is 9.53. The Hall–Kier alpha value is -1.38. The number of nitrogens with zero attached hydrogens (tertiary/aromatic N) is 2. The Kier molecular flexibility index (Phi) is 4.81. The normalized spacial score (nSPS) is 10.0. The predicted octanol–water partition coefficient (Wildman–Crippen LogP) is 2.33. The van der Waals surface area contributed by atoms with Gasteiger partial charge in [0.15, 0.2) is 0 Å². The van der Waals surface area contributed by atoms with Crippen molar-refractivity contribution >= 4 is 5.84 Å².